The standard InChI is InChI=1S/C24H30ClF2N3O2/c1-23(26,27)24(8-9-24)20(16-6-10-28-11-7-16)14-22(32)29-15-18(30(2)3)12-17-4-5-19(31)13-21(17)25/h4-7,10-11,13,18,20,31H,8-9,12,14-15H2,1-3H3,(H,29,32)/t18-,20+/m0/s1. The van der Waals surface area contributed by atoms with Crippen molar-refractivity contribution < 1.29 is 18.7 Å². The normalized spacial score (nSPS) is 17.1. The average molecular weight is 466 g/mol. The Morgan fingerprint density at radius 1 is 1.28 bits per heavy atom. The maximum Gasteiger partial charge on any atom is 0.251 e. The summed E-state index contributed by atoms with van der Waals surface area (Å²) in [7, 11) is 3.81. The van der Waals surface area contributed by atoms with Crippen LogP contribution in [0.15, 0.2) is 42.7 Å². The first kappa shape index (κ1) is 24.4. The van der Waals surface area contributed by atoms with Gasteiger partial charge in [0.25, 0.3) is 5.92 Å². The molecule has 0 radical (unpaired) electrons. The largest absolute Gasteiger partial charge is 0.508 e. The van der Waals surface area contributed by atoms with Crippen molar-refractivity contribution in [3.8, 4) is 5.75 Å². The smallest absolute Gasteiger partial charge is 0.251 e. The van der Waals surface area contributed by atoms with E-state index in [0.29, 0.717) is 36.4 Å². The van der Waals surface area contributed by atoms with Gasteiger partial charge in [-0.05, 0) is 75.7 Å². The molecule has 8 heteroatoms. The zero-order chi connectivity index (χ0) is 23.5. The number of phenols is 1. The molecule has 174 valence electrons. The van der Waals surface area contributed by atoms with Crippen LogP contribution in [0.1, 0.15) is 43.2 Å². The highest BCUT2D eigenvalue weighted by Gasteiger charge is 2.63. The van der Waals surface area contributed by atoms with E-state index in [0.717, 1.165) is 12.5 Å². The van der Waals surface area contributed by atoms with Crippen molar-refractivity contribution in [3.05, 3.63) is 58.9 Å². The number of hydrogen-bond donors (Lipinski definition) is 2. The van der Waals surface area contributed by atoms with Crippen LogP contribution in [0, 0.1) is 5.41 Å². The number of nitrogens with one attached hydrogen (secondary N) is 1. The predicted molar refractivity (Wildman–Crippen MR) is 121 cm³/mol. The van der Waals surface area contributed by atoms with Crippen molar-refractivity contribution in [2.24, 2.45) is 5.41 Å². The van der Waals surface area contributed by atoms with E-state index in [9.17, 15) is 18.7 Å². The van der Waals surface area contributed by atoms with Crippen LogP contribution in [0.2, 0.25) is 5.02 Å². The quantitative estimate of drug-likeness (QED) is 0.536. The van der Waals surface area contributed by atoms with Crippen LogP contribution >= 0.6 is 11.6 Å². The van der Waals surface area contributed by atoms with Gasteiger partial charge in [-0.15, -0.1) is 0 Å². The van der Waals surface area contributed by atoms with Crippen LogP contribution in [0.5, 0.6) is 5.75 Å². The van der Waals surface area contributed by atoms with Crippen molar-refractivity contribution in [1.29, 1.82) is 0 Å². The molecule has 5 nitrogen and oxygen atoms in total. The van der Waals surface area contributed by atoms with E-state index in [-0.39, 0.29) is 24.1 Å². The second-order valence-corrected chi connectivity index (χ2v) is 9.39. The minimum atomic E-state index is -2.87. The first-order valence-electron chi connectivity index (χ1n) is 10.7. The highest BCUT2D eigenvalue weighted by atomic mass is 35.5. The molecule has 1 aliphatic carbocycles. The highest BCUT2D eigenvalue weighted by molar-refractivity contribution is 6.31. The molecule has 0 saturated heterocycles. The number of hydrogen-bond acceptors (Lipinski definition) is 4. The maximum absolute atomic E-state index is 14.5. The Morgan fingerprint density at radius 2 is 1.94 bits per heavy atom. The van der Waals surface area contributed by atoms with Gasteiger partial charge in [-0.3, -0.25) is 9.78 Å². The fourth-order valence-electron chi connectivity index (χ4n) is 4.34. The van der Waals surface area contributed by atoms with Crippen LogP contribution in [-0.2, 0) is 11.2 Å². The van der Waals surface area contributed by atoms with Gasteiger partial charge in [-0.1, -0.05) is 17.7 Å². The molecule has 1 amide bonds. The molecule has 1 aromatic heterocycles. The van der Waals surface area contributed by atoms with Gasteiger partial charge in [0, 0.05) is 47.8 Å². The maximum atomic E-state index is 14.5. The van der Waals surface area contributed by atoms with Gasteiger partial charge >= 0.3 is 0 Å². The highest BCUT2D eigenvalue weighted by Crippen LogP contribution is 2.65. The Kier molecular flexibility index (Phi) is 7.40. The van der Waals surface area contributed by atoms with Crippen LogP contribution in [0.4, 0.5) is 8.78 Å². The zero-order valence-corrected chi connectivity index (χ0v) is 19.4. The van der Waals surface area contributed by atoms with E-state index in [4.69, 9.17) is 11.6 Å². The Labute approximate surface area is 192 Å². The van der Waals surface area contributed by atoms with Crippen LogP contribution in [0.25, 0.3) is 0 Å². The van der Waals surface area contributed by atoms with Crippen LogP contribution < -0.4 is 5.32 Å². The van der Waals surface area contributed by atoms with E-state index in [1.54, 1.807) is 36.7 Å². The number of carbonyl (C=O) groups excluding carboxylic acids is 1. The minimum absolute atomic E-state index is 0.00639. The number of halogens is 3. The molecule has 32 heavy (non-hydrogen) atoms. The van der Waals surface area contributed by atoms with Gasteiger partial charge in [0.2, 0.25) is 5.91 Å². The monoisotopic (exact) mass is 465 g/mol. The summed E-state index contributed by atoms with van der Waals surface area (Å²) in [5, 5.41) is 12.9. The Morgan fingerprint density at radius 3 is 2.47 bits per heavy atom. The van der Waals surface area contributed by atoms with E-state index < -0.39 is 17.3 Å². The number of rotatable bonds is 10. The van der Waals surface area contributed by atoms with E-state index in [1.807, 2.05) is 19.0 Å². The zero-order valence-electron chi connectivity index (χ0n) is 18.6. The minimum Gasteiger partial charge on any atom is -0.508 e. The lowest BCUT2D eigenvalue weighted by Crippen LogP contribution is -2.43. The molecule has 0 spiro atoms. The van der Waals surface area contributed by atoms with E-state index in [1.165, 1.54) is 6.07 Å². The molecule has 0 aliphatic heterocycles. The Bertz CT molecular complexity index is 931. The molecule has 1 aromatic carbocycles. The Balaban J connectivity index is 1.69. The van der Waals surface area contributed by atoms with Gasteiger partial charge < -0.3 is 15.3 Å². The summed E-state index contributed by atoms with van der Waals surface area (Å²) in [5.74, 6) is -3.61. The lowest BCUT2D eigenvalue weighted by molar-refractivity contribution is -0.123. The van der Waals surface area contributed by atoms with Gasteiger partial charge in [-0.25, -0.2) is 8.78 Å². The SMILES string of the molecule is CN(C)[C@H](CNC(=O)C[C@H](c1ccncc1)C1(C(C)(F)F)CC1)Cc1ccc(O)cc1Cl. The summed E-state index contributed by atoms with van der Waals surface area (Å²) in [6.07, 6.45) is 4.51. The van der Waals surface area contributed by atoms with Crippen molar-refractivity contribution in [2.45, 2.75) is 50.5 Å². The van der Waals surface area contributed by atoms with Crippen molar-refractivity contribution >= 4 is 17.5 Å². The molecule has 1 fully saturated rings. The molecule has 2 aromatic rings. The molecule has 3 rings (SSSR count). The average Bonchev–Trinajstić information content (AvgIpc) is 3.53. The number of aromatic nitrogens is 1. The number of benzene rings is 1. The fraction of sp³-hybridized carbons (Fsp3) is 0.500. The van der Waals surface area contributed by atoms with E-state index >= 15 is 0 Å². The number of amides is 1. The molecule has 1 aliphatic rings. The summed E-state index contributed by atoms with van der Waals surface area (Å²) in [6.45, 7) is 1.30. The number of phenolic OH excluding ortho intramolecular Hbond substituents is 1. The first-order chi connectivity index (χ1) is 15.0. The van der Waals surface area contributed by atoms with Crippen molar-refractivity contribution in [2.75, 3.05) is 20.6 Å². The summed E-state index contributed by atoms with van der Waals surface area (Å²) in [5.41, 5.74) is 0.385. The number of pyridine rings is 1. The number of likely N-dealkylation sites (N-methyl/N-ethyl adjacent to an activating group) is 1. The summed E-state index contributed by atoms with van der Waals surface area (Å²) in [6, 6.07) is 8.21. The molecule has 2 N–H and O–H groups in total. The van der Waals surface area contributed by atoms with Crippen molar-refractivity contribution in [1.82, 2.24) is 15.2 Å². The predicted octanol–water partition coefficient (Wildman–Crippen LogP) is 4.64. The lowest BCUT2D eigenvalue weighted by Gasteiger charge is -2.32. The summed E-state index contributed by atoms with van der Waals surface area (Å²) in [4.78, 5) is 18.8. The third kappa shape index (κ3) is 5.56. The molecule has 1 saturated carbocycles. The van der Waals surface area contributed by atoms with Gasteiger partial charge in [-0.2, -0.15) is 0 Å². The number of carbonyl (C=O) groups is 1. The second-order valence-electron chi connectivity index (χ2n) is 8.98. The third-order valence-corrected chi connectivity index (χ3v) is 6.94. The van der Waals surface area contributed by atoms with Gasteiger partial charge in [0.15, 0.2) is 0 Å². The lowest BCUT2D eigenvalue weighted by atomic mass is 9.77. The molecule has 1 heterocycles. The van der Waals surface area contributed by atoms with Crippen LogP contribution in [0.3, 0.4) is 0 Å². The molecular weight excluding hydrogens is 436 g/mol. The molecule has 2 atom stereocenters. The van der Waals surface area contributed by atoms with E-state index in [2.05, 4.69) is 10.3 Å². The molecule has 0 bridgehead atoms. The Hall–Kier alpha value is -2.25. The molecular formula is C24H30ClF2N3O2. The number of aromatic hydroxyl groups is 1. The van der Waals surface area contributed by atoms with Crippen LogP contribution in [-0.4, -0.2) is 53.5 Å². The summed E-state index contributed by atoms with van der Waals surface area (Å²) < 4.78 is 29.0. The fourth-order valence-corrected chi connectivity index (χ4v) is 4.59. The summed E-state index contributed by atoms with van der Waals surface area (Å²) >= 11 is 6.24. The third-order valence-electron chi connectivity index (χ3n) is 6.59. The first-order valence-corrected chi connectivity index (χ1v) is 11.1. The van der Waals surface area contributed by atoms with Gasteiger partial charge in [0.05, 0.1) is 0 Å². The second kappa shape index (κ2) is 9.71. The van der Waals surface area contributed by atoms with Gasteiger partial charge in [0.1, 0.15) is 5.75 Å². The topological polar surface area (TPSA) is 65.5 Å². The number of nitrogens with zero attached hydrogens (tertiary/aromatic N) is 2. The number of alkyl halides is 2. The molecule has 0 unspecified atom stereocenters. The van der Waals surface area contributed by atoms with Crippen molar-refractivity contribution in [3.63, 3.8) is 0 Å².